The van der Waals surface area contributed by atoms with Gasteiger partial charge in [0.1, 0.15) is 0 Å². The fourth-order valence-electron chi connectivity index (χ4n) is 2.10. The maximum atomic E-state index is 11.9. The third-order valence-electron chi connectivity index (χ3n) is 3.32. The number of amides is 1. The van der Waals surface area contributed by atoms with Crippen LogP contribution in [0.2, 0.25) is 0 Å². The molecule has 6 heteroatoms. The van der Waals surface area contributed by atoms with E-state index in [1.807, 2.05) is 43.6 Å². The van der Waals surface area contributed by atoms with Crippen LogP contribution in [0, 0.1) is 0 Å². The third-order valence-corrected chi connectivity index (χ3v) is 3.32. The van der Waals surface area contributed by atoms with Gasteiger partial charge in [-0.15, -0.1) is 0 Å². The second kappa shape index (κ2) is 7.83. The highest BCUT2D eigenvalue weighted by molar-refractivity contribution is 6.01. The quantitative estimate of drug-likeness (QED) is 0.553. The van der Waals surface area contributed by atoms with Gasteiger partial charge in [0.15, 0.2) is 0 Å². The van der Waals surface area contributed by atoms with Crippen LogP contribution < -0.4 is 5.32 Å². The summed E-state index contributed by atoms with van der Waals surface area (Å²) in [5.74, 6) is -0.206. The van der Waals surface area contributed by atoms with E-state index in [-0.39, 0.29) is 5.91 Å². The minimum absolute atomic E-state index is 0.206. The monoisotopic (exact) mass is 331 g/mol. The van der Waals surface area contributed by atoms with Crippen molar-refractivity contribution in [3.63, 3.8) is 0 Å². The van der Waals surface area contributed by atoms with Crippen LogP contribution in [0.15, 0.2) is 83.3 Å². The Balaban J connectivity index is 1.58. The number of hydrogen-bond donors (Lipinski definition) is 1. The van der Waals surface area contributed by atoms with Crippen LogP contribution in [-0.4, -0.2) is 15.7 Å². The highest BCUT2D eigenvalue weighted by Crippen LogP contribution is 2.20. The van der Waals surface area contributed by atoms with Crippen LogP contribution in [0.1, 0.15) is 5.56 Å². The highest BCUT2D eigenvalue weighted by atomic mass is 16.1. The molecule has 1 amide bonds. The number of nitrogens with zero attached hydrogens (tertiary/aromatic N) is 4. The van der Waals surface area contributed by atoms with Crippen LogP contribution in [0.4, 0.5) is 17.1 Å². The third kappa shape index (κ3) is 4.97. The maximum absolute atomic E-state index is 11.9. The molecule has 0 aliphatic heterocycles. The fourth-order valence-corrected chi connectivity index (χ4v) is 2.10. The predicted molar refractivity (Wildman–Crippen MR) is 97.9 cm³/mol. The Kier molecular flexibility index (Phi) is 5.11. The molecule has 1 heterocycles. The maximum Gasteiger partial charge on any atom is 0.248 e. The zero-order chi connectivity index (χ0) is 17.5. The lowest BCUT2D eigenvalue weighted by atomic mass is 10.2. The lowest BCUT2D eigenvalue weighted by Gasteiger charge is -2.01. The molecule has 0 spiro atoms. The number of carbonyl (C=O) groups is 1. The highest BCUT2D eigenvalue weighted by Gasteiger charge is 1.99. The molecule has 0 fully saturated rings. The van der Waals surface area contributed by atoms with Crippen LogP contribution in [0.25, 0.3) is 6.08 Å². The molecule has 0 saturated heterocycles. The molecule has 6 nitrogen and oxygen atoms in total. The van der Waals surface area contributed by atoms with Crippen molar-refractivity contribution in [1.82, 2.24) is 9.78 Å². The number of carbonyl (C=O) groups excluding carboxylic acids is 1. The molecular formula is C19H17N5O. The van der Waals surface area contributed by atoms with E-state index in [1.54, 1.807) is 41.2 Å². The second-order valence-electron chi connectivity index (χ2n) is 5.35. The topological polar surface area (TPSA) is 71.6 Å². The molecule has 0 bridgehead atoms. The van der Waals surface area contributed by atoms with Gasteiger partial charge in [-0.25, -0.2) is 0 Å². The van der Waals surface area contributed by atoms with Crippen molar-refractivity contribution in [2.24, 2.45) is 17.3 Å². The van der Waals surface area contributed by atoms with E-state index in [9.17, 15) is 4.79 Å². The minimum Gasteiger partial charge on any atom is -0.323 e. The molecule has 3 aromatic rings. The number of hydrogen-bond acceptors (Lipinski definition) is 4. The van der Waals surface area contributed by atoms with Crippen molar-refractivity contribution in [3.05, 3.63) is 78.6 Å². The first-order chi connectivity index (χ1) is 12.2. The smallest absolute Gasteiger partial charge is 0.248 e. The zero-order valence-electron chi connectivity index (χ0n) is 13.7. The Morgan fingerprint density at radius 2 is 1.72 bits per heavy atom. The van der Waals surface area contributed by atoms with Crippen LogP contribution in [-0.2, 0) is 11.8 Å². The van der Waals surface area contributed by atoms with Crippen molar-refractivity contribution >= 4 is 29.0 Å². The summed E-state index contributed by atoms with van der Waals surface area (Å²) in [6.45, 7) is 0. The van der Waals surface area contributed by atoms with Gasteiger partial charge >= 0.3 is 0 Å². The van der Waals surface area contributed by atoms with Gasteiger partial charge in [0.2, 0.25) is 5.91 Å². The van der Waals surface area contributed by atoms with Gasteiger partial charge in [0, 0.05) is 30.6 Å². The van der Waals surface area contributed by atoms with Crippen molar-refractivity contribution in [1.29, 1.82) is 0 Å². The van der Waals surface area contributed by atoms with Crippen LogP contribution in [0.5, 0.6) is 0 Å². The first-order valence-corrected chi connectivity index (χ1v) is 7.74. The summed E-state index contributed by atoms with van der Waals surface area (Å²) in [4.78, 5) is 11.9. The molecular weight excluding hydrogens is 314 g/mol. The summed E-state index contributed by atoms with van der Waals surface area (Å²) < 4.78 is 1.68. The van der Waals surface area contributed by atoms with E-state index >= 15 is 0 Å². The standard InChI is InChI=1S/C19H17N5O/c1-24-14-15(13-20-24)7-12-19(25)21-16-8-10-18(11-9-16)23-22-17-5-3-2-4-6-17/h2-14H,1H3,(H,21,25)/b12-7-,23-22?. The predicted octanol–water partition coefficient (Wildman–Crippen LogP) is 4.49. The average molecular weight is 331 g/mol. The van der Waals surface area contributed by atoms with E-state index in [2.05, 4.69) is 20.6 Å². The molecule has 3 rings (SSSR count). The summed E-state index contributed by atoms with van der Waals surface area (Å²) in [7, 11) is 1.83. The summed E-state index contributed by atoms with van der Waals surface area (Å²) >= 11 is 0. The first kappa shape index (κ1) is 16.3. The minimum atomic E-state index is -0.206. The molecule has 0 unspecified atom stereocenters. The molecule has 0 atom stereocenters. The number of nitrogens with one attached hydrogen (secondary N) is 1. The first-order valence-electron chi connectivity index (χ1n) is 7.74. The van der Waals surface area contributed by atoms with Crippen molar-refractivity contribution < 1.29 is 4.79 Å². The Morgan fingerprint density at radius 3 is 2.36 bits per heavy atom. The van der Waals surface area contributed by atoms with E-state index in [1.165, 1.54) is 6.08 Å². The normalized spacial score (nSPS) is 11.2. The summed E-state index contributed by atoms with van der Waals surface area (Å²) in [6.07, 6.45) is 6.71. The number of benzene rings is 2. The molecule has 0 saturated carbocycles. The van der Waals surface area contributed by atoms with Gasteiger partial charge in [-0.05, 0) is 42.5 Å². The molecule has 0 aliphatic rings. The Labute approximate surface area is 145 Å². The summed E-state index contributed by atoms with van der Waals surface area (Å²) in [6, 6.07) is 16.7. The van der Waals surface area contributed by atoms with Gasteiger partial charge in [-0.3, -0.25) is 9.48 Å². The molecule has 124 valence electrons. The molecule has 1 aromatic heterocycles. The van der Waals surface area contributed by atoms with Crippen LogP contribution >= 0.6 is 0 Å². The molecule has 0 radical (unpaired) electrons. The van der Waals surface area contributed by atoms with E-state index in [0.717, 1.165) is 11.3 Å². The van der Waals surface area contributed by atoms with E-state index in [0.29, 0.717) is 11.4 Å². The van der Waals surface area contributed by atoms with Gasteiger partial charge in [0.05, 0.1) is 17.6 Å². The number of rotatable bonds is 5. The van der Waals surface area contributed by atoms with Gasteiger partial charge in [-0.2, -0.15) is 15.3 Å². The van der Waals surface area contributed by atoms with Gasteiger partial charge in [0.25, 0.3) is 0 Å². The number of anilines is 1. The fraction of sp³-hybridized carbons (Fsp3) is 0.0526. The van der Waals surface area contributed by atoms with Crippen molar-refractivity contribution in [3.8, 4) is 0 Å². The summed E-state index contributed by atoms with van der Waals surface area (Å²) in [5.41, 5.74) is 3.07. The molecule has 1 N–H and O–H groups in total. The Hall–Kier alpha value is -3.54. The van der Waals surface area contributed by atoms with Crippen molar-refractivity contribution in [2.45, 2.75) is 0 Å². The Morgan fingerprint density at radius 1 is 1.04 bits per heavy atom. The Bertz CT molecular complexity index is 895. The largest absolute Gasteiger partial charge is 0.323 e. The lowest BCUT2D eigenvalue weighted by Crippen LogP contribution is -2.07. The van der Waals surface area contributed by atoms with Crippen molar-refractivity contribution in [2.75, 3.05) is 5.32 Å². The zero-order valence-corrected chi connectivity index (χ0v) is 13.7. The summed E-state index contributed by atoms with van der Waals surface area (Å²) in [5, 5.41) is 15.2. The SMILES string of the molecule is Cn1cc(/C=C\C(=O)Nc2ccc(N=Nc3ccccc3)cc2)cn1. The molecule has 2 aromatic carbocycles. The van der Waals surface area contributed by atoms with Crippen LogP contribution in [0.3, 0.4) is 0 Å². The molecule has 0 aliphatic carbocycles. The second-order valence-corrected chi connectivity index (χ2v) is 5.35. The molecule has 25 heavy (non-hydrogen) atoms. The number of aryl methyl sites for hydroxylation is 1. The number of aromatic nitrogens is 2. The average Bonchev–Trinajstić information content (AvgIpc) is 3.06. The number of azo groups is 1. The van der Waals surface area contributed by atoms with E-state index < -0.39 is 0 Å². The van der Waals surface area contributed by atoms with E-state index in [4.69, 9.17) is 0 Å². The van der Waals surface area contributed by atoms with Gasteiger partial charge < -0.3 is 5.32 Å². The lowest BCUT2D eigenvalue weighted by molar-refractivity contribution is -0.111. The van der Waals surface area contributed by atoms with Gasteiger partial charge in [-0.1, -0.05) is 18.2 Å².